The third kappa shape index (κ3) is 4.96. The Labute approximate surface area is 176 Å². The molecule has 0 amide bonds. The number of nitrogens with zero attached hydrogens (tertiary/aromatic N) is 2. The van der Waals surface area contributed by atoms with Crippen LogP contribution in [0.25, 0.3) is 10.8 Å². The Hall–Kier alpha value is -2.84. The average Bonchev–Trinajstić information content (AvgIpc) is 2.71. The van der Waals surface area contributed by atoms with Crippen molar-refractivity contribution >= 4 is 45.8 Å². The lowest BCUT2D eigenvalue weighted by Crippen LogP contribution is -2.08. The van der Waals surface area contributed by atoms with Crippen LogP contribution >= 0.6 is 23.4 Å². The zero-order valence-corrected chi connectivity index (χ0v) is 17.0. The summed E-state index contributed by atoms with van der Waals surface area (Å²) in [5, 5.41) is 13.6. The van der Waals surface area contributed by atoms with Gasteiger partial charge in [0.15, 0.2) is 0 Å². The number of esters is 1. The van der Waals surface area contributed by atoms with Gasteiger partial charge < -0.3 is 9.47 Å². The minimum Gasteiger partial charge on any atom is -0.488 e. The van der Waals surface area contributed by atoms with E-state index in [0.29, 0.717) is 16.3 Å². The number of hydrogen-bond donors (Lipinski definition) is 0. The number of nitro groups is 1. The van der Waals surface area contributed by atoms with Crippen LogP contribution < -0.4 is 4.74 Å². The third-order valence-corrected chi connectivity index (χ3v) is 5.51. The molecule has 0 spiro atoms. The van der Waals surface area contributed by atoms with Gasteiger partial charge in [-0.15, -0.1) is 11.8 Å². The first-order chi connectivity index (χ1) is 14.0. The minimum absolute atomic E-state index is 0.00705. The van der Waals surface area contributed by atoms with Crippen molar-refractivity contribution in [2.45, 2.75) is 18.4 Å². The number of halogens is 1. The molecular formula is C20H17ClN2O5S. The fourth-order valence-electron chi connectivity index (χ4n) is 2.73. The lowest BCUT2D eigenvalue weighted by atomic mass is 10.1. The number of pyridine rings is 1. The molecular weight excluding hydrogens is 416 g/mol. The smallest absolute Gasteiger partial charge is 0.316 e. The molecule has 0 unspecified atom stereocenters. The number of thioether (sulfide) groups is 1. The van der Waals surface area contributed by atoms with E-state index in [9.17, 15) is 14.9 Å². The maximum Gasteiger partial charge on any atom is 0.316 e. The van der Waals surface area contributed by atoms with E-state index in [-0.39, 0.29) is 29.5 Å². The highest BCUT2D eigenvalue weighted by atomic mass is 35.5. The van der Waals surface area contributed by atoms with Crippen molar-refractivity contribution in [3.8, 4) is 5.75 Å². The molecule has 0 fully saturated rings. The van der Waals surface area contributed by atoms with Crippen molar-refractivity contribution in [2.75, 3.05) is 12.4 Å². The molecule has 0 aliphatic rings. The number of aromatic nitrogens is 1. The second-order valence-corrected chi connectivity index (χ2v) is 7.26. The van der Waals surface area contributed by atoms with Gasteiger partial charge in [0.05, 0.1) is 22.2 Å². The molecule has 0 atom stereocenters. The first-order valence-corrected chi connectivity index (χ1v) is 10.1. The van der Waals surface area contributed by atoms with Gasteiger partial charge in [-0.25, -0.2) is 0 Å². The second-order valence-electron chi connectivity index (χ2n) is 5.87. The number of carbonyl (C=O) groups is 1. The van der Waals surface area contributed by atoms with Crippen molar-refractivity contribution in [3.63, 3.8) is 0 Å². The molecule has 2 aromatic carbocycles. The lowest BCUT2D eigenvalue weighted by Gasteiger charge is -2.14. The number of rotatable bonds is 8. The molecule has 0 N–H and O–H groups in total. The molecule has 0 saturated carbocycles. The van der Waals surface area contributed by atoms with Crippen LogP contribution in [0.4, 0.5) is 5.69 Å². The predicted molar refractivity (Wildman–Crippen MR) is 112 cm³/mol. The summed E-state index contributed by atoms with van der Waals surface area (Å²) < 4.78 is 10.9. The SMILES string of the molecule is CCOC(=O)CSc1c([N+](=O)[O-])ccc(Cl)c1COc1cccc2cnccc12. The Kier molecular flexibility index (Phi) is 6.90. The number of benzene rings is 2. The van der Waals surface area contributed by atoms with Crippen molar-refractivity contribution in [3.05, 3.63) is 69.5 Å². The van der Waals surface area contributed by atoms with Gasteiger partial charge in [-0.3, -0.25) is 19.9 Å². The first kappa shape index (κ1) is 20.9. The van der Waals surface area contributed by atoms with Crippen molar-refractivity contribution in [2.24, 2.45) is 0 Å². The van der Waals surface area contributed by atoms with Gasteiger partial charge in [-0.1, -0.05) is 23.7 Å². The van der Waals surface area contributed by atoms with Gasteiger partial charge in [0.25, 0.3) is 5.69 Å². The summed E-state index contributed by atoms with van der Waals surface area (Å²) in [6.07, 6.45) is 3.39. The van der Waals surface area contributed by atoms with Crippen LogP contribution in [0.1, 0.15) is 12.5 Å². The van der Waals surface area contributed by atoms with E-state index in [1.54, 1.807) is 25.4 Å². The molecule has 0 aliphatic carbocycles. The molecule has 1 aromatic heterocycles. The van der Waals surface area contributed by atoms with Crippen LogP contribution in [0.2, 0.25) is 5.02 Å². The molecule has 1 heterocycles. The predicted octanol–water partition coefficient (Wildman–Crippen LogP) is 5.03. The van der Waals surface area contributed by atoms with Gasteiger partial charge in [0.1, 0.15) is 12.4 Å². The molecule has 0 radical (unpaired) electrons. The van der Waals surface area contributed by atoms with E-state index < -0.39 is 10.9 Å². The summed E-state index contributed by atoms with van der Waals surface area (Å²) >= 11 is 7.34. The highest BCUT2D eigenvalue weighted by Crippen LogP contribution is 2.38. The molecule has 0 aliphatic heterocycles. The molecule has 0 bridgehead atoms. The molecule has 3 rings (SSSR count). The molecule has 0 saturated heterocycles. The van der Waals surface area contributed by atoms with Crippen LogP contribution in [0.5, 0.6) is 5.75 Å². The van der Waals surface area contributed by atoms with Crippen molar-refractivity contribution in [1.82, 2.24) is 4.98 Å². The molecule has 29 heavy (non-hydrogen) atoms. The standard InChI is InChI=1S/C20H17ClN2O5S/c1-2-27-19(24)12-29-20-15(16(21)6-7-17(20)23(25)26)11-28-18-5-3-4-13-10-22-9-8-14(13)18/h3-10H,2,11-12H2,1H3. The summed E-state index contributed by atoms with van der Waals surface area (Å²) in [5.41, 5.74) is 0.311. The quantitative estimate of drug-likeness (QED) is 0.213. The Morgan fingerprint density at radius 2 is 2.10 bits per heavy atom. The number of fused-ring (bicyclic) bond motifs is 1. The van der Waals surface area contributed by atoms with Crippen LogP contribution in [-0.2, 0) is 16.1 Å². The minimum atomic E-state index is -0.503. The highest BCUT2D eigenvalue weighted by molar-refractivity contribution is 8.00. The Morgan fingerprint density at radius 1 is 1.28 bits per heavy atom. The Balaban J connectivity index is 1.91. The monoisotopic (exact) mass is 432 g/mol. The largest absolute Gasteiger partial charge is 0.488 e. The van der Waals surface area contributed by atoms with E-state index in [0.717, 1.165) is 22.5 Å². The second kappa shape index (κ2) is 9.58. The normalized spacial score (nSPS) is 10.7. The van der Waals surface area contributed by atoms with E-state index in [1.807, 2.05) is 18.2 Å². The Bertz CT molecular complexity index is 1050. The molecule has 150 valence electrons. The summed E-state index contributed by atoms with van der Waals surface area (Å²) in [5.74, 6) is 0.0797. The number of nitro benzene ring substituents is 1. The third-order valence-electron chi connectivity index (χ3n) is 4.03. The van der Waals surface area contributed by atoms with Crippen LogP contribution in [0, 0.1) is 10.1 Å². The molecule has 3 aromatic rings. The van der Waals surface area contributed by atoms with Crippen LogP contribution in [0.15, 0.2) is 53.7 Å². The Morgan fingerprint density at radius 3 is 2.86 bits per heavy atom. The number of ether oxygens (including phenoxy) is 2. The summed E-state index contributed by atoms with van der Waals surface area (Å²) in [6.45, 7) is 1.94. The van der Waals surface area contributed by atoms with Crippen LogP contribution in [-0.4, -0.2) is 28.2 Å². The van der Waals surface area contributed by atoms with Gasteiger partial charge >= 0.3 is 5.97 Å². The first-order valence-electron chi connectivity index (χ1n) is 8.71. The number of hydrogen-bond acceptors (Lipinski definition) is 7. The lowest BCUT2D eigenvalue weighted by molar-refractivity contribution is -0.387. The van der Waals surface area contributed by atoms with E-state index in [2.05, 4.69) is 4.98 Å². The summed E-state index contributed by atoms with van der Waals surface area (Å²) in [4.78, 5) is 27.1. The maximum atomic E-state index is 11.7. The molecule has 7 nitrogen and oxygen atoms in total. The van der Waals surface area contributed by atoms with Crippen LogP contribution in [0.3, 0.4) is 0 Å². The van der Waals surface area contributed by atoms with Crippen molar-refractivity contribution in [1.29, 1.82) is 0 Å². The van der Waals surface area contributed by atoms with Gasteiger partial charge in [-0.05, 0) is 25.1 Å². The summed E-state index contributed by atoms with van der Waals surface area (Å²) in [7, 11) is 0. The average molecular weight is 433 g/mol. The van der Waals surface area contributed by atoms with E-state index in [4.69, 9.17) is 21.1 Å². The fraction of sp³-hybridized carbons (Fsp3) is 0.200. The zero-order valence-electron chi connectivity index (χ0n) is 15.5. The van der Waals surface area contributed by atoms with Gasteiger partial charge in [0, 0.05) is 39.8 Å². The number of carbonyl (C=O) groups excluding carboxylic acids is 1. The topological polar surface area (TPSA) is 91.6 Å². The molecule has 9 heteroatoms. The van der Waals surface area contributed by atoms with Gasteiger partial charge in [0.2, 0.25) is 0 Å². The van der Waals surface area contributed by atoms with E-state index in [1.165, 1.54) is 12.1 Å². The fourth-order valence-corrected chi connectivity index (χ4v) is 3.98. The maximum absolute atomic E-state index is 11.7. The van der Waals surface area contributed by atoms with Crippen molar-refractivity contribution < 1.29 is 19.2 Å². The zero-order chi connectivity index (χ0) is 20.8. The van der Waals surface area contributed by atoms with E-state index >= 15 is 0 Å². The van der Waals surface area contributed by atoms with Gasteiger partial charge in [-0.2, -0.15) is 0 Å². The summed E-state index contributed by atoms with van der Waals surface area (Å²) in [6, 6.07) is 10.2. The highest BCUT2D eigenvalue weighted by Gasteiger charge is 2.22.